The molecule has 0 aliphatic heterocycles. The summed E-state index contributed by atoms with van der Waals surface area (Å²) in [6, 6.07) is 3.42. The summed E-state index contributed by atoms with van der Waals surface area (Å²) < 4.78 is 1.63. The standard InChI is InChI=1S/C14H14N2O2S/c1-10-8-14(18)16(11(2)15-10)9-13-12(4-3-6-17)5-7-19-13/h5,7-8,17H,6,9H2,1-2H3. The molecular weight excluding hydrogens is 260 g/mol. The summed E-state index contributed by atoms with van der Waals surface area (Å²) in [4.78, 5) is 17.3. The Balaban J connectivity index is 2.37. The van der Waals surface area contributed by atoms with E-state index in [1.807, 2.05) is 25.3 Å². The fourth-order valence-corrected chi connectivity index (χ4v) is 2.63. The number of aliphatic hydroxyl groups excluding tert-OH is 1. The van der Waals surface area contributed by atoms with Gasteiger partial charge in [0.2, 0.25) is 0 Å². The van der Waals surface area contributed by atoms with Crippen molar-refractivity contribution >= 4 is 11.3 Å². The van der Waals surface area contributed by atoms with E-state index in [-0.39, 0.29) is 12.2 Å². The summed E-state index contributed by atoms with van der Waals surface area (Å²) in [7, 11) is 0. The van der Waals surface area contributed by atoms with Crippen LogP contribution < -0.4 is 5.56 Å². The van der Waals surface area contributed by atoms with Crippen LogP contribution in [0.15, 0.2) is 22.3 Å². The molecule has 0 unspecified atom stereocenters. The van der Waals surface area contributed by atoms with Gasteiger partial charge >= 0.3 is 0 Å². The fraction of sp³-hybridized carbons (Fsp3) is 0.286. The van der Waals surface area contributed by atoms with Crippen LogP contribution in [-0.2, 0) is 6.54 Å². The Kier molecular flexibility index (Phi) is 4.15. The fourth-order valence-electron chi connectivity index (χ4n) is 1.81. The van der Waals surface area contributed by atoms with Crippen LogP contribution in [0.2, 0.25) is 0 Å². The van der Waals surface area contributed by atoms with Gasteiger partial charge in [-0.1, -0.05) is 11.8 Å². The topological polar surface area (TPSA) is 55.1 Å². The van der Waals surface area contributed by atoms with E-state index in [9.17, 15) is 4.79 Å². The molecule has 2 heterocycles. The van der Waals surface area contributed by atoms with Gasteiger partial charge in [0.25, 0.3) is 5.56 Å². The lowest BCUT2D eigenvalue weighted by Gasteiger charge is -2.08. The molecule has 0 aromatic carbocycles. The van der Waals surface area contributed by atoms with Gasteiger partial charge in [0, 0.05) is 22.2 Å². The van der Waals surface area contributed by atoms with E-state index in [0.717, 1.165) is 16.1 Å². The molecule has 0 amide bonds. The summed E-state index contributed by atoms with van der Waals surface area (Å²) in [5.41, 5.74) is 1.52. The lowest BCUT2D eigenvalue weighted by Crippen LogP contribution is -2.23. The summed E-state index contributed by atoms with van der Waals surface area (Å²) in [6.45, 7) is 3.93. The molecule has 4 nitrogen and oxygen atoms in total. The third-order valence-electron chi connectivity index (χ3n) is 2.68. The molecule has 0 fully saturated rings. The average Bonchev–Trinajstić information content (AvgIpc) is 2.78. The van der Waals surface area contributed by atoms with Gasteiger partial charge in [-0.3, -0.25) is 9.36 Å². The molecule has 2 rings (SSSR count). The maximum atomic E-state index is 12.0. The lowest BCUT2D eigenvalue weighted by atomic mass is 10.2. The van der Waals surface area contributed by atoms with Crippen molar-refractivity contribution in [3.63, 3.8) is 0 Å². The Morgan fingerprint density at radius 2 is 2.26 bits per heavy atom. The van der Waals surface area contributed by atoms with Crippen LogP contribution in [0.3, 0.4) is 0 Å². The second-order valence-electron chi connectivity index (χ2n) is 4.09. The molecule has 0 atom stereocenters. The second kappa shape index (κ2) is 5.83. The molecule has 0 saturated carbocycles. The first-order valence-electron chi connectivity index (χ1n) is 5.83. The van der Waals surface area contributed by atoms with Crippen molar-refractivity contribution in [2.45, 2.75) is 20.4 Å². The van der Waals surface area contributed by atoms with Crippen LogP contribution in [0.4, 0.5) is 0 Å². The molecule has 5 heteroatoms. The largest absolute Gasteiger partial charge is 0.384 e. The number of rotatable bonds is 2. The molecule has 19 heavy (non-hydrogen) atoms. The van der Waals surface area contributed by atoms with E-state index in [4.69, 9.17) is 5.11 Å². The van der Waals surface area contributed by atoms with Crippen LogP contribution in [-0.4, -0.2) is 21.3 Å². The van der Waals surface area contributed by atoms with Gasteiger partial charge in [0.15, 0.2) is 0 Å². The normalized spacial score (nSPS) is 10.1. The first kappa shape index (κ1) is 13.5. The summed E-state index contributed by atoms with van der Waals surface area (Å²) in [6.07, 6.45) is 0. The van der Waals surface area contributed by atoms with Crippen molar-refractivity contribution in [1.82, 2.24) is 9.55 Å². The minimum Gasteiger partial charge on any atom is -0.384 e. The Morgan fingerprint density at radius 3 is 2.95 bits per heavy atom. The summed E-state index contributed by atoms with van der Waals surface area (Å²) >= 11 is 1.54. The molecule has 0 spiro atoms. The molecule has 0 bridgehead atoms. The number of aromatic nitrogens is 2. The SMILES string of the molecule is Cc1cc(=O)n(Cc2sccc2C#CCO)c(C)n1. The predicted molar refractivity (Wildman–Crippen MR) is 75.4 cm³/mol. The molecule has 1 N–H and O–H groups in total. The van der Waals surface area contributed by atoms with Gasteiger partial charge in [-0.25, -0.2) is 4.98 Å². The Morgan fingerprint density at radius 1 is 1.47 bits per heavy atom. The third kappa shape index (κ3) is 3.11. The van der Waals surface area contributed by atoms with E-state index >= 15 is 0 Å². The maximum Gasteiger partial charge on any atom is 0.254 e. The van der Waals surface area contributed by atoms with Gasteiger partial charge in [-0.05, 0) is 25.3 Å². The summed E-state index contributed by atoms with van der Waals surface area (Å²) in [5, 5.41) is 10.7. The molecule has 2 aromatic heterocycles. The van der Waals surface area contributed by atoms with E-state index in [1.165, 1.54) is 6.07 Å². The van der Waals surface area contributed by atoms with E-state index in [1.54, 1.807) is 15.9 Å². The monoisotopic (exact) mass is 274 g/mol. The van der Waals surface area contributed by atoms with Gasteiger partial charge in [0.1, 0.15) is 12.4 Å². The zero-order chi connectivity index (χ0) is 13.8. The van der Waals surface area contributed by atoms with Crippen molar-refractivity contribution in [2.24, 2.45) is 0 Å². The van der Waals surface area contributed by atoms with Crippen molar-refractivity contribution in [3.05, 3.63) is 49.8 Å². The van der Waals surface area contributed by atoms with Crippen LogP contribution in [0.1, 0.15) is 22.0 Å². The van der Waals surface area contributed by atoms with Crippen LogP contribution in [0, 0.1) is 25.7 Å². The number of nitrogens with zero attached hydrogens (tertiary/aromatic N) is 2. The predicted octanol–water partition coefficient (Wildman–Crippen LogP) is 1.31. The Hall–Kier alpha value is -1.90. The molecule has 0 saturated heterocycles. The van der Waals surface area contributed by atoms with Crippen molar-refractivity contribution in [2.75, 3.05) is 6.61 Å². The molecule has 0 aliphatic carbocycles. The highest BCUT2D eigenvalue weighted by molar-refractivity contribution is 7.10. The van der Waals surface area contributed by atoms with E-state index in [2.05, 4.69) is 16.8 Å². The Bertz CT molecular complexity index is 704. The maximum absolute atomic E-state index is 12.0. The number of thiophene rings is 1. The minimum atomic E-state index is -0.166. The quantitative estimate of drug-likeness (QED) is 0.840. The zero-order valence-corrected chi connectivity index (χ0v) is 11.6. The second-order valence-corrected chi connectivity index (χ2v) is 5.09. The highest BCUT2D eigenvalue weighted by atomic mass is 32.1. The van der Waals surface area contributed by atoms with Gasteiger partial charge < -0.3 is 5.11 Å². The molecule has 2 aromatic rings. The number of hydrogen-bond acceptors (Lipinski definition) is 4. The van der Waals surface area contributed by atoms with Crippen molar-refractivity contribution < 1.29 is 5.11 Å². The molecule has 0 radical (unpaired) electrons. The Labute approximate surface area is 115 Å². The zero-order valence-electron chi connectivity index (χ0n) is 10.8. The minimum absolute atomic E-state index is 0.0560. The highest BCUT2D eigenvalue weighted by Gasteiger charge is 2.07. The lowest BCUT2D eigenvalue weighted by molar-refractivity contribution is 0.350. The van der Waals surface area contributed by atoms with Gasteiger partial charge in [-0.15, -0.1) is 11.3 Å². The third-order valence-corrected chi connectivity index (χ3v) is 3.58. The van der Waals surface area contributed by atoms with Gasteiger partial charge in [-0.2, -0.15) is 0 Å². The number of aryl methyl sites for hydroxylation is 2. The summed E-state index contributed by atoms with van der Waals surface area (Å²) in [5.74, 6) is 6.21. The van der Waals surface area contributed by atoms with Crippen LogP contribution in [0.25, 0.3) is 0 Å². The number of hydrogen-bond donors (Lipinski definition) is 1. The van der Waals surface area contributed by atoms with Crippen LogP contribution in [0.5, 0.6) is 0 Å². The molecule has 0 aliphatic rings. The molecular formula is C14H14N2O2S. The first-order valence-corrected chi connectivity index (χ1v) is 6.71. The smallest absolute Gasteiger partial charge is 0.254 e. The average molecular weight is 274 g/mol. The van der Waals surface area contributed by atoms with E-state index < -0.39 is 0 Å². The molecule has 98 valence electrons. The van der Waals surface area contributed by atoms with Crippen molar-refractivity contribution in [1.29, 1.82) is 0 Å². The van der Waals surface area contributed by atoms with E-state index in [0.29, 0.717) is 12.4 Å². The highest BCUT2D eigenvalue weighted by Crippen LogP contribution is 2.17. The first-order chi connectivity index (χ1) is 9.11. The van der Waals surface area contributed by atoms with Crippen molar-refractivity contribution in [3.8, 4) is 11.8 Å². The van der Waals surface area contributed by atoms with Gasteiger partial charge in [0.05, 0.1) is 6.54 Å². The van der Waals surface area contributed by atoms with Crippen LogP contribution >= 0.6 is 11.3 Å². The number of aliphatic hydroxyl groups is 1.